The van der Waals surface area contributed by atoms with Crippen LogP contribution in [0.3, 0.4) is 0 Å². The molecule has 0 bridgehead atoms. The Kier molecular flexibility index (Phi) is 5.68. The van der Waals surface area contributed by atoms with Gasteiger partial charge in [-0.25, -0.2) is 0 Å². The molecule has 0 radical (unpaired) electrons. The van der Waals surface area contributed by atoms with Gasteiger partial charge in [0.15, 0.2) is 11.6 Å². The number of ether oxygens (including phenoxy) is 1. The van der Waals surface area contributed by atoms with Crippen molar-refractivity contribution in [2.24, 2.45) is 5.92 Å². The minimum absolute atomic E-state index is 0.259. The van der Waals surface area contributed by atoms with Crippen molar-refractivity contribution in [3.05, 3.63) is 71.3 Å². The summed E-state index contributed by atoms with van der Waals surface area (Å²) in [6.07, 6.45) is 5.55. The topological polar surface area (TPSA) is 63.7 Å². The third-order valence-electron chi connectivity index (χ3n) is 7.55. The highest BCUT2D eigenvalue weighted by Crippen LogP contribution is 2.42. The summed E-state index contributed by atoms with van der Waals surface area (Å²) >= 11 is 0. The number of Topliss-reactive ketones (excluding diaryl/α,β-unsaturated/α-hetero) is 2. The molecule has 0 saturated carbocycles. The van der Waals surface area contributed by atoms with E-state index in [1.165, 1.54) is 12.8 Å². The number of fused-ring (bicyclic) bond motifs is 2. The van der Waals surface area contributed by atoms with E-state index in [1.807, 2.05) is 6.07 Å². The van der Waals surface area contributed by atoms with Gasteiger partial charge in [0.2, 0.25) is 0 Å². The molecule has 1 aliphatic carbocycles. The van der Waals surface area contributed by atoms with Crippen LogP contribution in [0.4, 0.5) is 0 Å². The molecule has 0 aromatic heterocycles. The van der Waals surface area contributed by atoms with E-state index in [4.69, 9.17) is 4.74 Å². The Morgan fingerprint density at radius 2 is 1.53 bits per heavy atom. The number of ketones is 2. The Hall–Kier alpha value is -2.79. The van der Waals surface area contributed by atoms with E-state index < -0.39 is 11.4 Å². The second-order valence-corrected chi connectivity index (χ2v) is 9.34. The minimum Gasteiger partial charge on any atom is -0.465 e. The quantitative estimate of drug-likeness (QED) is 0.524. The zero-order valence-corrected chi connectivity index (χ0v) is 18.3. The van der Waals surface area contributed by atoms with Crippen LogP contribution in [-0.4, -0.2) is 48.2 Å². The molecule has 5 rings (SSSR count). The summed E-state index contributed by atoms with van der Waals surface area (Å²) in [6.45, 7) is 2.63. The van der Waals surface area contributed by atoms with Crippen molar-refractivity contribution in [1.82, 2.24) is 4.90 Å². The zero-order chi connectivity index (χ0) is 22.1. The molecule has 2 unspecified atom stereocenters. The Bertz CT molecular complexity index is 994. The second kappa shape index (κ2) is 8.62. The Balaban J connectivity index is 1.37. The molecule has 2 atom stereocenters. The van der Waals surface area contributed by atoms with Gasteiger partial charge < -0.3 is 4.74 Å². The number of esters is 1. The molecule has 5 nitrogen and oxygen atoms in total. The summed E-state index contributed by atoms with van der Waals surface area (Å²) in [5, 5.41) is 0. The normalized spacial score (nSPS) is 24.6. The van der Waals surface area contributed by atoms with Gasteiger partial charge in [-0.15, -0.1) is 0 Å². The third kappa shape index (κ3) is 3.49. The second-order valence-electron chi connectivity index (χ2n) is 9.34. The fraction of sp³-hybridized carbons (Fsp3) is 0.444. The Labute approximate surface area is 188 Å². The standard InChI is InChI=1S/C27H29NO4/c29-24(32-18-19-9-8-16-28-15-7-6-14-23(19)28)17-27(20-10-2-1-3-11-20)25(30)21-12-4-5-13-22(21)26(27)31/h1-5,10-13,19,23H,6-9,14-18H2. The molecule has 2 aromatic rings. The van der Waals surface area contributed by atoms with Crippen LogP contribution in [-0.2, 0) is 14.9 Å². The van der Waals surface area contributed by atoms with Gasteiger partial charge in [0.25, 0.3) is 0 Å². The highest BCUT2D eigenvalue weighted by atomic mass is 16.5. The first-order valence-electron chi connectivity index (χ1n) is 11.7. The average molecular weight is 432 g/mol. The van der Waals surface area contributed by atoms with Gasteiger partial charge in [-0.1, -0.05) is 61.0 Å². The van der Waals surface area contributed by atoms with Crippen molar-refractivity contribution in [2.45, 2.75) is 50.0 Å². The van der Waals surface area contributed by atoms with E-state index in [9.17, 15) is 14.4 Å². The average Bonchev–Trinajstić information content (AvgIpc) is 3.06. The monoisotopic (exact) mass is 431 g/mol. The third-order valence-corrected chi connectivity index (χ3v) is 7.55. The molecule has 0 spiro atoms. The lowest BCUT2D eigenvalue weighted by molar-refractivity contribution is -0.147. The van der Waals surface area contributed by atoms with E-state index in [2.05, 4.69) is 4.90 Å². The van der Waals surface area contributed by atoms with Crippen LogP contribution in [0.2, 0.25) is 0 Å². The molecule has 2 saturated heterocycles. The highest BCUT2D eigenvalue weighted by molar-refractivity contribution is 6.34. The number of carbonyl (C=O) groups excluding carboxylic acids is 3. The van der Waals surface area contributed by atoms with Crippen LogP contribution in [0, 0.1) is 5.92 Å². The van der Waals surface area contributed by atoms with E-state index in [0.717, 1.165) is 32.4 Å². The summed E-state index contributed by atoms with van der Waals surface area (Å²) in [5.74, 6) is -0.765. The number of piperidine rings is 2. The summed E-state index contributed by atoms with van der Waals surface area (Å²) < 4.78 is 5.76. The molecule has 2 fully saturated rings. The van der Waals surface area contributed by atoms with Gasteiger partial charge in [-0.2, -0.15) is 0 Å². The molecule has 2 aromatic carbocycles. The number of benzene rings is 2. The van der Waals surface area contributed by atoms with E-state index >= 15 is 0 Å². The molecular formula is C27H29NO4. The summed E-state index contributed by atoms with van der Waals surface area (Å²) in [5.41, 5.74) is -0.205. The van der Waals surface area contributed by atoms with Gasteiger partial charge >= 0.3 is 5.97 Å². The maximum atomic E-state index is 13.5. The largest absolute Gasteiger partial charge is 0.465 e. The number of rotatable bonds is 5. The highest BCUT2D eigenvalue weighted by Gasteiger charge is 2.55. The number of hydrogen-bond donors (Lipinski definition) is 0. The van der Waals surface area contributed by atoms with Crippen LogP contribution in [0.25, 0.3) is 0 Å². The first kappa shape index (κ1) is 21.1. The van der Waals surface area contributed by atoms with Gasteiger partial charge in [0.05, 0.1) is 13.0 Å². The summed E-state index contributed by atoms with van der Waals surface area (Å²) in [4.78, 5) is 42.7. The fourth-order valence-electron chi connectivity index (χ4n) is 5.93. The van der Waals surface area contributed by atoms with Crippen LogP contribution in [0.15, 0.2) is 54.6 Å². The molecule has 2 aliphatic heterocycles. The van der Waals surface area contributed by atoms with Crippen molar-refractivity contribution in [2.75, 3.05) is 19.7 Å². The van der Waals surface area contributed by atoms with Gasteiger partial charge in [0, 0.05) is 23.1 Å². The first-order chi connectivity index (χ1) is 15.6. The van der Waals surface area contributed by atoms with Crippen molar-refractivity contribution >= 4 is 17.5 Å². The van der Waals surface area contributed by atoms with Crippen LogP contribution in [0.5, 0.6) is 0 Å². The molecule has 166 valence electrons. The number of nitrogens with zero attached hydrogens (tertiary/aromatic N) is 1. The lowest BCUT2D eigenvalue weighted by Crippen LogP contribution is -2.49. The van der Waals surface area contributed by atoms with Crippen molar-refractivity contribution in [1.29, 1.82) is 0 Å². The molecule has 0 amide bonds. The summed E-state index contributed by atoms with van der Waals surface area (Å²) in [7, 11) is 0. The van der Waals surface area contributed by atoms with Gasteiger partial charge in [0.1, 0.15) is 5.41 Å². The zero-order valence-electron chi connectivity index (χ0n) is 18.3. The number of hydrogen-bond acceptors (Lipinski definition) is 5. The maximum Gasteiger partial charge on any atom is 0.307 e. The molecule has 3 aliphatic rings. The van der Waals surface area contributed by atoms with Gasteiger partial charge in [-0.3, -0.25) is 19.3 Å². The summed E-state index contributed by atoms with van der Waals surface area (Å²) in [6, 6.07) is 16.3. The van der Waals surface area contributed by atoms with E-state index in [0.29, 0.717) is 35.3 Å². The van der Waals surface area contributed by atoms with E-state index in [-0.39, 0.29) is 18.0 Å². The fourth-order valence-corrected chi connectivity index (χ4v) is 5.93. The van der Waals surface area contributed by atoms with Gasteiger partial charge in [-0.05, 0) is 44.3 Å². The molecule has 2 heterocycles. The lowest BCUT2D eigenvalue weighted by atomic mass is 9.73. The SMILES string of the molecule is O=C(CC1(c2ccccc2)C(=O)c2ccccc2C1=O)OCC1CCCN2CCCCC12. The van der Waals surface area contributed by atoms with Crippen molar-refractivity contribution in [3.8, 4) is 0 Å². The molecular weight excluding hydrogens is 402 g/mol. The molecule has 5 heteroatoms. The van der Waals surface area contributed by atoms with E-state index in [1.54, 1.807) is 48.5 Å². The smallest absolute Gasteiger partial charge is 0.307 e. The minimum atomic E-state index is -1.54. The van der Waals surface area contributed by atoms with Crippen LogP contribution in [0.1, 0.15) is 64.8 Å². The Morgan fingerprint density at radius 3 is 2.25 bits per heavy atom. The predicted molar refractivity (Wildman–Crippen MR) is 121 cm³/mol. The van der Waals surface area contributed by atoms with Crippen molar-refractivity contribution < 1.29 is 19.1 Å². The number of carbonyl (C=O) groups is 3. The predicted octanol–water partition coefficient (Wildman–Crippen LogP) is 4.20. The Morgan fingerprint density at radius 1 is 0.875 bits per heavy atom. The molecule has 32 heavy (non-hydrogen) atoms. The van der Waals surface area contributed by atoms with Crippen LogP contribution < -0.4 is 0 Å². The van der Waals surface area contributed by atoms with Crippen molar-refractivity contribution in [3.63, 3.8) is 0 Å². The van der Waals surface area contributed by atoms with Crippen LogP contribution >= 0.6 is 0 Å². The maximum absolute atomic E-state index is 13.5. The lowest BCUT2D eigenvalue weighted by Gasteiger charge is -2.44. The first-order valence-corrected chi connectivity index (χ1v) is 11.7. The molecule has 0 N–H and O–H groups in total.